The van der Waals surface area contributed by atoms with Crippen molar-refractivity contribution in [3.05, 3.63) is 93.5 Å². The molecule has 7 nitrogen and oxygen atoms in total. The van der Waals surface area contributed by atoms with Crippen LogP contribution in [0.3, 0.4) is 0 Å². The molecule has 214 valence electrons. The van der Waals surface area contributed by atoms with Crippen molar-refractivity contribution in [2.45, 2.75) is 64.6 Å². The molecule has 0 aliphatic heterocycles. The molecule has 2 atom stereocenters. The summed E-state index contributed by atoms with van der Waals surface area (Å²) in [6.07, 6.45) is 0.723. The van der Waals surface area contributed by atoms with Crippen LogP contribution in [0.4, 0.5) is 5.69 Å². The summed E-state index contributed by atoms with van der Waals surface area (Å²) in [4.78, 5) is 28.5. The summed E-state index contributed by atoms with van der Waals surface area (Å²) in [5.41, 5.74) is 2.91. The molecule has 0 aliphatic rings. The van der Waals surface area contributed by atoms with Crippen LogP contribution >= 0.6 is 23.2 Å². The molecule has 0 aliphatic carbocycles. The molecule has 0 saturated carbocycles. The zero-order valence-corrected chi connectivity index (χ0v) is 25.6. The van der Waals surface area contributed by atoms with Crippen LogP contribution in [-0.2, 0) is 26.2 Å². The second-order valence-electron chi connectivity index (χ2n) is 9.88. The fourth-order valence-corrected chi connectivity index (χ4v) is 5.77. The third-order valence-corrected chi connectivity index (χ3v) is 9.14. The number of benzene rings is 3. The first-order valence-corrected chi connectivity index (χ1v) is 15.2. The molecule has 40 heavy (non-hydrogen) atoms. The maximum atomic E-state index is 14.0. The van der Waals surface area contributed by atoms with Gasteiger partial charge in [-0.2, -0.15) is 0 Å². The van der Waals surface area contributed by atoms with Gasteiger partial charge in [0, 0.05) is 22.6 Å². The Hall–Kier alpha value is -3.07. The molecule has 0 fully saturated rings. The largest absolute Gasteiger partial charge is 0.352 e. The van der Waals surface area contributed by atoms with Gasteiger partial charge in [0.1, 0.15) is 12.6 Å². The van der Waals surface area contributed by atoms with Gasteiger partial charge in [-0.25, -0.2) is 8.42 Å². The average molecular weight is 605 g/mol. The fourth-order valence-electron chi connectivity index (χ4n) is 4.02. The van der Waals surface area contributed by atoms with E-state index in [1.807, 2.05) is 33.8 Å². The highest BCUT2D eigenvalue weighted by Gasteiger charge is 2.33. The molecule has 3 rings (SSSR count). The maximum absolute atomic E-state index is 14.0. The maximum Gasteiger partial charge on any atom is 0.264 e. The molecule has 2 amide bonds. The average Bonchev–Trinajstić information content (AvgIpc) is 2.91. The van der Waals surface area contributed by atoms with Gasteiger partial charge in [0.15, 0.2) is 0 Å². The molecule has 0 bridgehead atoms. The quantitative estimate of drug-likeness (QED) is 0.285. The predicted molar refractivity (Wildman–Crippen MR) is 161 cm³/mol. The van der Waals surface area contributed by atoms with Crippen molar-refractivity contribution >= 4 is 50.7 Å². The van der Waals surface area contributed by atoms with Crippen LogP contribution in [0.1, 0.15) is 43.9 Å². The minimum Gasteiger partial charge on any atom is -0.352 e. The molecule has 3 aromatic carbocycles. The molecule has 10 heteroatoms. The van der Waals surface area contributed by atoms with E-state index in [-0.39, 0.29) is 23.4 Å². The van der Waals surface area contributed by atoms with E-state index in [9.17, 15) is 18.0 Å². The lowest BCUT2D eigenvalue weighted by atomic mass is 10.1. The number of hydrogen-bond acceptors (Lipinski definition) is 4. The van der Waals surface area contributed by atoms with Crippen LogP contribution in [0.15, 0.2) is 71.6 Å². The van der Waals surface area contributed by atoms with Crippen LogP contribution in [0.25, 0.3) is 0 Å². The summed E-state index contributed by atoms with van der Waals surface area (Å²) in [7, 11) is -4.17. The lowest BCUT2D eigenvalue weighted by Gasteiger charge is -2.32. The molecule has 2 unspecified atom stereocenters. The number of nitrogens with zero attached hydrogens (tertiary/aromatic N) is 2. The Balaban J connectivity index is 2.05. The van der Waals surface area contributed by atoms with Gasteiger partial charge in [-0.15, -0.1) is 0 Å². The van der Waals surface area contributed by atoms with Crippen LogP contribution in [0.2, 0.25) is 10.0 Å². The van der Waals surface area contributed by atoms with E-state index >= 15 is 0 Å². The number of amides is 2. The number of sulfonamides is 1. The number of nitrogens with one attached hydrogen (secondary N) is 1. The normalized spacial score (nSPS) is 12.9. The zero-order chi connectivity index (χ0) is 29.6. The Morgan fingerprint density at radius 2 is 1.57 bits per heavy atom. The van der Waals surface area contributed by atoms with Gasteiger partial charge < -0.3 is 10.2 Å². The molecule has 1 N–H and O–H groups in total. The second-order valence-corrected chi connectivity index (χ2v) is 12.6. The first-order valence-electron chi connectivity index (χ1n) is 13.0. The van der Waals surface area contributed by atoms with E-state index in [1.165, 1.54) is 29.2 Å². The first kappa shape index (κ1) is 31.5. The van der Waals surface area contributed by atoms with Gasteiger partial charge in [-0.3, -0.25) is 13.9 Å². The third kappa shape index (κ3) is 7.77. The lowest BCUT2D eigenvalue weighted by Crippen LogP contribution is -2.52. The molecule has 0 spiro atoms. The molecular weight excluding hydrogens is 569 g/mol. The van der Waals surface area contributed by atoms with E-state index in [2.05, 4.69) is 5.32 Å². The van der Waals surface area contributed by atoms with Gasteiger partial charge in [0.05, 0.1) is 10.6 Å². The predicted octanol–water partition coefficient (Wildman–Crippen LogP) is 6.14. The van der Waals surface area contributed by atoms with Crippen molar-refractivity contribution in [1.82, 2.24) is 10.2 Å². The zero-order valence-electron chi connectivity index (χ0n) is 23.3. The highest BCUT2D eigenvalue weighted by molar-refractivity contribution is 7.92. The lowest BCUT2D eigenvalue weighted by molar-refractivity contribution is -0.139. The molecule has 0 saturated heterocycles. The number of anilines is 1. The second kappa shape index (κ2) is 13.5. The topological polar surface area (TPSA) is 86.8 Å². The summed E-state index contributed by atoms with van der Waals surface area (Å²) < 4.78 is 28.9. The van der Waals surface area contributed by atoms with Crippen LogP contribution < -0.4 is 9.62 Å². The minimum atomic E-state index is -4.17. The standard InChI is InChI=1S/C30H35Cl2N3O4S/c1-6-22(4)33-30(37)23(5)34(18-24-8-7-9-26(32)17-24)29(36)19-35(27-13-10-20(2)21(3)16-27)40(38,39)28-14-11-25(31)12-15-28/h7-17,22-23H,6,18-19H2,1-5H3,(H,33,37). The molecule has 0 radical (unpaired) electrons. The third-order valence-electron chi connectivity index (χ3n) is 6.87. The Kier molecular flexibility index (Phi) is 10.6. The van der Waals surface area contributed by atoms with Crippen molar-refractivity contribution in [2.75, 3.05) is 10.8 Å². The van der Waals surface area contributed by atoms with Gasteiger partial charge in [-0.05, 0) is 99.3 Å². The summed E-state index contributed by atoms with van der Waals surface area (Å²) in [5.74, 6) is -0.870. The molecular formula is C30H35Cl2N3O4S. The van der Waals surface area contributed by atoms with Gasteiger partial charge in [-0.1, -0.05) is 48.3 Å². The van der Waals surface area contributed by atoms with Gasteiger partial charge in [0.2, 0.25) is 11.8 Å². The Labute approximate surface area is 247 Å². The van der Waals surface area contributed by atoms with Crippen molar-refractivity contribution in [3.63, 3.8) is 0 Å². The number of carbonyl (C=O) groups is 2. The van der Waals surface area contributed by atoms with Crippen molar-refractivity contribution in [2.24, 2.45) is 0 Å². The van der Waals surface area contributed by atoms with Crippen LogP contribution in [0, 0.1) is 13.8 Å². The van der Waals surface area contributed by atoms with E-state index in [0.29, 0.717) is 21.3 Å². The van der Waals surface area contributed by atoms with Crippen LogP contribution in [0.5, 0.6) is 0 Å². The Bertz CT molecular complexity index is 1460. The summed E-state index contributed by atoms with van der Waals surface area (Å²) in [5, 5.41) is 3.80. The number of rotatable bonds is 11. The minimum absolute atomic E-state index is 0.00752. The van der Waals surface area contributed by atoms with Crippen molar-refractivity contribution in [3.8, 4) is 0 Å². The molecule has 0 heterocycles. The van der Waals surface area contributed by atoms with Crippen molar-refractivity contribution < 1.29 is 18.0 Å². The monoisotopic (exact) mass is 603 g/mol. The highest BCUT2D eigenvalue weighted by Crippen LogP contribution is 2.27. The highest BCUT2D eigenvalue weighted by atomic mass is 35.5. The Morgan fingerprint density at radius 1 is 0.900 bits per heavy atom. The summed E-state index contributed by atoms with van der Waals surface area (Å²) in [6.45, 7) is 8.81. The van der Waals surface area contributed by atoms with Crippen LogP contribution in [-0.4, -0.2) is 43.8 Å². The number of carbonyl (C=O) groups excluding carboxylic acids is 2. The van der Waals surface area contributed by atoms with E-state index in [1.54, 1.807) is 43.3 Å². The first-order chi connectivity index (χ1) is 18.8. The number of halogens is 2. The van der Waals surface area contributed by atoms with E-state index < -0.39 is 28.5 Å². The fraction of sp³-hybridized carbons (Fsp3) is 0.333. The Morgan fingerprint density at radius 3 is 2.17 bits per heavy atom. The summed E-state index contributed by atoms with van der Waals surface area (Å²) in [6, 6.07) is 17.0. The van der Waals surface area contributed by atoms with Crippen molar-refractivity contribution in [1.29, 1.82) is 0 Å². The number of aryl methyl sites for hydroxylation is 2. The SMILES string of the molecule is CCC(C)NC(=O)C(C)N(Cc1cccc(Cl)c1)C(=O)CN(c1ccc(C)c(C)c1)S(=O)(=O)c1ccc(Cl)cc1. The van der Waals surface area contributed by atoms with Gasteiger partial charge >= 0.3 is 0 Å². The number of hydrogen-bond donors (Lipinski definition) is 1. The van der Waals surface area contributed by atoms with E-state index in [0.717, 1.165) is 21.9 Å². The molecule has 3 aromatic rings. The molecule has 0 aromatic heterocycles. The smallest absolute Gasteiger partial charge is 0.264 e. The van der Waals surface area contributed by atoms with Gasteiger partial charge in [0.25, 0.3) is 10.0 Å². The summed E-state index contributed by atoms with van der Waals surface area (Å²) >= 11 is 12.2. The van der Waals surface area contributed by atoms with E-state index in [4.69, 9.17) is 23.2 Å².